The van der Waals surface area contributed by atoms with E-state index in [0.717, 1.165) is 0 Å². The van der Waals surface area contributed by atoms with Gasteiger partial charge in [0, 0.05) is 6.42 Å². The van der Waals surface area contributed by atoms with Crippen molar-refractivity contribution in [1.29, 1.82) is 5.26 Å². The molecule has 0 aliphatic carbocycles. The summed E-state index contributed by atoms with van der Waals surface area (Å²) >= 11 is 0. The third-order valence-electron chi connectivity index (χ3n) is 1.39. The zero-order chi connectivity index (χ0) is 9.84. The van der Waals surface area contributed by atoms with Crippen LogP contribution < -0.4 is 5.73 Å². The van der Waals surface area contributed by atoms with Gasteiger partial charge in [-0.25, -0.2) is 0 Å². The summed E-state index contributed by atoms with van der Waals surface area (Å²) in [5, 5.41) is 11.8. The molecule has 0 aromatic carbocycles. The second-order valence-corrected chi connectivity index (χ2v) is 2.61. The fourth-order valence-electron chi connectivity index (χ4n) is 0.745. The maximum Gasteiger partial charge on any atom is 0.290 e. The van der Waals surface area contributed by atoms with Crippen molar-refractivity contribution >= 4 is 5.91 Å². The lowest BCUT2D eigenvalue weighted by Crippen LogP contribution is -2.12. The Bertz CT molecular complexity index is 352. The van der Waals surface area contributed by atoms with Gasteiger partial charge in [0.15, 0.2) is 0 Å². The number of aromatic nitrogens is 2. The fourth-order valence-corrected chi connectivity index (χ4v) is 0.745. The van der Waals surface area contributed by atoms with Gasteiger partial charge in [0.2, 0.25) is 5.89 Å². The standard InChI is InChI=1S/C7H8N4O2/c1-4(3-8)2-5-10-7(6(9)12)11-13-5/h4H,2H2,1H3,(H2,9,12). The van der Waals surface area contributed by atoms with Crippen molar-refractivity contribution in [1.82, 2.24) is 10.1 Å². The van der Waals surface area contributed by atoms with Gasteiger partial charge in [0.05, 0.1) is 12.0 Å². The first kappa shape index (κ1) is 9.19. The van der Waals surface area contributed by atoms with Gasteiger partial charge in [-0.2, -0.15) is 10.2 Å². The summed E-state index contributed by atoms with van der Waals surface area (Å²) in [6, 6.07) is 2.01. The Labute approximate surface area is 74.3 Å². The lowest BCUT2D eigenvalue weighted by Gasteiger charge is -1.92. The van der Waals surface area contributed by atoms with E-state index in [1.165, 1.54) is 0 Å². The number of hydrogen-bond acceptors (Lipinski definition) is 5. The molecule has 0 spiro atoms. The summed E-state index contributed by atoms with van der Waals surface area (Å²) in [5.74, 6) is -0.858. The van der Waals surface area contributed by atoms with E-state index in [9.17, 15) is 4.79 Å². The first-order valence-corrected chi connectivity index (χ1v) is 3.65. The zero-order valence-corrected chi connectivity index (χ0v) is 7.02. The fraction of sp³-hybridized carbons (Fsp3) is 0.429. The van der Waals surface area contributed by atoms with E-state index in [0.29, 0.717) is 6.42 Å². The number of primary amides is 1. The molecule has 1 rings (SSSR count). The minimum Gasteiger partial charge on any atom is -0.363 e. The van der Waals surface area contributed by atoms with Crippen LogP contribution in [0.15, 0.2) is 4.52 Å². The molecule has 2 N–H and O–H groups in total. The average Bonchev–Trinajstić information content (AvgIpc) is 2.52. The molecule has 0 saturated carbocycles. The molecule has 1 aromatic rings. The minimum atomic E-state index is -0.736. The SMILES string of the molecule is CC(C#N)Cc1nc(C(N)=O)no1. The number of carbonyl (C=O) groups excluding carboxylic acids is 1. The molecule has 6 heteroatoms. The first-order chi connectivity index (χ1) is 6.13. The molecule has 0 fully saturated rings. The Hall–Kier alpha value is -1.90. The molecule has 1 amide bonds. The second kappa shape index (κ2) is 3.67. The molecule has 1 unspecified atom stereocenters. The molecule has 0 aliphatic rings. The number of carbonyl (C=O) groups is 1. The van der Waals surface area contributed by atoms with Crippen molar-refractivity contribution in [2.45, 2.75) is 13.3 Å². The summed E-state index contributed by atoms with van der Waals surface area (Å²) in [6.07, 6.45) is 0.330. The monoisotopic (exact) mass is 180 g/mol. The highest BCUT2D eigenvalue weighted by molar-refractivity contribution is 5.88. The van der Waals surface area contributed by atoms with Crippen molar-refractivity contribution < 1.29 is 9.32 Å². The number of nitrogens with zero attached hydrogens (tertiary/aromatic N) is 3. The Balaban J connectivity index is 2.70. The number of nitrogens with two attached hydrogens (primary N) is 1. The van der Waals surface area contributed by atoms with Crippen LogP contribution in [0.1, 0.15) is 23.4 Å². The van der Waals surface area contributed by atoms with Crippen LogP contribution >= 0.6 is 0 Å². The molecule has 1 heterocycles. The highest BCUT2D eigenvalue weighted by Gasteiger charge is 2.12. The van der Waals surface area contributed by atoms with Crippen LogP contribution in [0.5, 0.6) is 0 Å². The van der Waals surface area contributed by atoms with Gasteiger partial charge < -0.3 is 10.3 Å². The summed E-state index contributed by atoms with van der Waals surface area (Å²) in [7, 11) is 0. The third-order valence-corrected chi connectivity index (χ3v) is 1.39. The summed E-state index contributed by atoms with van der Waals surface area (Å²) in [6.45, 7) is 1.72. The van der Waals surface area contributed by atoms with Crippen LogP contribution in [-0.4, -0.2) is 16.0 Å². The average molecular weight is 180 g/mol. The molecule has 1 atom stereocenters. The second-order valence-electron chi connectivity index (χ2n) is 2.61. The predicted octanol–water partition coefficient (Wildman–Crippen LogP) is -0.129. The molecular formula is C7H8N4O2. The normalized spacial score (nSPS) is 12.0. The number of amides is 1. The molecule has 6 nitrogen and oxygen atoms in total. The maximum absolute atomic E-state index is 10.5. The quantitative estimate of drug-likeness (QED) is 0.697. The van der Waals surface area contributed by atoms with Crippen LogP contribution in [0, 0.1) is 17.2 Å². The Morgan fingerprint density at radius 2 is 2.54 bits per heavy atom. The van der Waals surface area contributed by atoms with Gasteiger partial charge in [0.1, 0.15) is 0 Å². The van der Waals surface area contributed by atoms with E-state index in [1.807, 2.05) is 6.07 Å². The van der Waals surface area contributed by atoms with E-state index >= 15 is 0 Å². The van der Waals surface area contributed by atoms with Crippen LogP contribution in [0.2, 0.25) is 0 Å². The van der Waals surface area contributed by atoms with Gasteiger partial charge >= 0.3 is 0 Å². The van der Waals surface area contributed by atoms with Gasteiger partial charge in [0.25, 0.3) is 11.7 Å². The third kappa shape index (κ3) is 2.27. The molecule has 1 aromatic heterocycles. The predicted molar refractivity (Wildman–Crippen MR) is 41.3 cm³/mol. The van der Waals surface area contributed by atoms with Crippen molar-refractivity contribution in [3.05, 3.63) is 11.7 Å². The number of hydrogen-bond donors (Lipinski definition) is 1. The van der Waals surface area contributed by atoms with Crippen LogP contribution in [0.4, 0.5) is 0 Å². The topological polar surface area (TPSA) is 106 Å². The van der Waals surface area contributed by atoms with E-state index in [1.54, 1.807) is 6.92 Å². The smallest absolute Gasteiger partial charge is 0.290 e. The Morgan fingerprint density at radius 3 is 3.00 bits per heavy atom. The van der Waals surface area contributed by atoms with E-state index in [2.05, 4.69) is 14.7 Å². The van der Waals surface area contributed by atoms with Crippen LogP contribution in [0.25, 0.3) is 0 Å². The molecule has 68 valence electrons. The van der Waals surface area contributed by atoms with E-state index in [-0.39, 0.29) is 17.6 Å². The van der Waals surface area contributed by atoms with Crippen molar-refractivity contribution in [2.75, 3.05) is 0 Å². The first-order valence-electron chi connectivity index (χ1n) is 3.65. The van der Waals surface area contributed by atoms with Gasteiger partial charge in [-0.15, -0.1) is 0 Å². The molecule has 0 radical (unpaired) electrons. The van der Waals surface area contributed by atoms with Crippen LogP contribution in [0.3, 0.4) is 0 Å². The van der Waals surface area contributed by atoms with Crippen molar-refractivity contribution in [3.8, 4) is 6.07 Å². The van der Waals surface area contributed by atoms with Gasteiger partial charge in [-0.1, -0.05) is 5.16 Å². The summed E-state index contributed by atoms with van der Waals surface area (Å²) in [5.41, 5.74) is 4.90. The summed E-state index contributed by atoms with van der Waals surface area (Å²) in [4.78, 5) is 14.2. The van der Waals surface area contributed by atoms with Gasteiger partial charge in [-0.3, -0.25) is 4.79 Å². The zero-order valence-electron chi connectivity index (χ0n) is 7.02. The number of nitriles is 1. The van der Waals surface area contributed by atoms with E-state index in [4.69, 9.17) is 11.0 Å². The molecular weight excluding hydrogens is 172 g/mol. The number of rotatable bonds is 3. The highest BCUT2D eigenvalue weighted by atomic mass is 16.5. The lowest BCUT2D eigenvalue weighted by atomic mass is 10.1. The molecule has 13 heavy (non-hydrogen) atoms. The van der Waals surface area contributed by atoms with Crippen molar-refractivity contribution in [2.24, 2.45) is 11.7 Å². The largest absolute Gasteiger partial charge is 0.363 e. The van der Waals surface area contributed by atoms with Crippen molar-refractivity contribution in [3.63, 3.8) is 0 Å². The Morgan fingerprint density at radius 1 is 1.85 bits per heavy atom. The minimum absolute atomic E-state index is 0.153. The van der Waals surface area contributed by atoms with Gasteiger partial charge in [-0.05, 0) is 6.92 Å². The lowest BCUT2D eigenvalue weighted by molar-refractivity contribution is 0.0987. The van der Waals surface area contributed by atoms with E-state index < -0.39 is 5.91 Å². The molecule has 0 bridgehead atoms. The highest BCUT2D eigenvalue weighted by Crippen LogP contribution is 2.04. The maximum atomic E-state index is 10.5. The van der Waals surface area contributed by atoms with Crippen LogP contribution in [-0.2, 0) is 6.42 Å². The Kier molecular flexibility index (Phi) is 2.59. The molecule has 0 aliphatic heterocycles. The molecule has 0 saturated heterocycles. The summed E-state index contributed by atoms with van der Waals surface area (Å²) < 4.78 is 4.69.